The van der Waals surface area contributed by atoms with Crippen LogP contribution in [0.5, 0.6) is 0 Å². The van der Waals surface area contributed by atoms with E-state index in [0.717, 1.165) is 12.8 Å². The fourth-order valence-electron chi connectivity index (χ4n) is 2.32. The monoisotopic (exact) mass is 276 g/mol. The summed E-state index contributed by atoms with van der Waals surface area (Å²) in [7, 11) is 0. The first-order chi connectivity index (χ1) is 9.20. The summed E-state index contributed by atoms with van der Waals surface area (Å²) in [6.45, 7) is 2.56. The van der Waals surface area contributed by atoms with Gasteiger partial charge in [0.15, 0.2) is 0 Å². The third kappa shape index (κ3) is 5.75. The van der Waals surface area contributed by atoms with Crippen LogP contribution < -0.4 is 0 Å². The minimum atomic E-state index is -0.981. The SMILES string of the molecule is CCCCCCCCO[C@@H]1[C@@H](O)[C@H](O)CO[C@H]1CO. The maximum absolute atomic E-state index is 9.85. The number of aliphatic hydroxyl groups excluding tert-OH is 3. The fraction of sp³-hybridized carbons (Fsp3) is 1.00. The molecule has 0 bridgehead atoms. The predicted molar refractivity (Wildman–Crippen MR) is 72.0 cm³/mol. The first kappa shape index (κ1) is 16.9. The summed E-state index contributed by atoms with van der Waals surface area (Å²) >= 11 is 0. The topological polar surface area (TPSA) is 79.2 Å². The molecule has 1 saturated heterocycles. The summed E-state index contributed by atoms with van der Waals surface area (Å²) in [6.07, 6.45) is 3.91. The van der Waals surface area contributed by atoms with E-state index in [0.29, 0.717) is 6.61 Å². The summed E-state index contributed by atoms with van der Waals surface area (Å²) in [5.41, 5.74) is 0. The van der Waals surface area contributed by atoms with Gasteiger partial charge in [-0.1, -0.05) is 39.0 Å². The molecule has 0 radical (unpaired) electrons. The van der Waals surface area contributed by atoms with E-state index < -0.39 is 24.4 Å². The highest BCUT2D eigenvalue weighted by atomic mass is 16.6. The van der Waals surface area contributed by atoms with Crippen molar-refractivity contribution in [1.82, 2.24) is 0 Å². The van der Waals surface area contributed by atoms with Gasteiger partial charge in [-0.2, -0.15) is 0 Å². The summed E-state index contributed by atoms with van der Waals surface area (Å²) < 4.78 is 10.8. The van der Waals surface area contributed by atoms with Gasteiger partial charge in [0.05, 0.1) is 13.2 Å². The quantitative estimate of drug-likeness (QED) is 0.544. The minimum Gasteiger partial charge on any atom is -0.394 e. The van der Waals surface area contributed by atoms with Gasteiger partial charge in [0.25, 0.3) is 0 Å². The average Bonchev–Trinajstić information content (AvgIpc) is 2.42. The zero-order chi connectivity index (χ0) is 14.1. The van der Waals surface area contributed by atoms with Crippen LogP contribution in [0.4, 0.5) is 0 Å². The van der Waals surface area contributed by atoms with Crippen molar-refractivity contribution in [3.05, 3.63) is 0 Å². The Bertz CT molecular complexity index is 222. The molecule has 0 aromatic heterocycles. The Morgan fingerprint density at radius 1 is 1.11 bits per heavy atom. The van der Waals surface area contributed by atoms with Crippen molar-refractivity contribution < 1.29 is 24.8 Å². The molecule has 19 heavy (non-hydrogen) atoms. The zero-order valence-electron chi connectivity index (χ0n) is 11.8. The molecule has 114 valence electrons. The summed E-state index contributed by atoms with van der Waals surface area (Å²) in [5, 5.41) is 28.5. The highest BCUT2D eigenvalue weighted by Crippen LogP contribution is 2.19. The van der Waals surface area contributed by atoms with Crippen molar-refractivity contribution >= 4 is 0 Å². The Hall–Kier alpha value is -0.200. The van der Waals surface area contributed by atoms with Gasteiger partial charge >= 0.3 is 0 Å². The molecule has 0 spiro atoms. The molecule has 1 heterocycles. The second kappa shape index (κ2) is 9.66. The van der Waals surface area contributed by atoms with Gasteiger partial charge in [0.2, 0.25) is 0 Å². The maximum atomic E-state index is 9.85. The van der Waals surface area contributed by atoms with Gasteiger partial charge in [0, 0.05) is 6.61 Å². The van der Waals surface area contributed by atoms with Crippen molar-refractivity contribution in [2.75, 3.05) is 19.8 Å². The standard InChI is InChI=1S/C14H28O5/c1-2-3-4-5-6-7-8-18-14-12(9-15)19-10-11(16)13(14)17/h11-17H,2-10H2,1H3/t11-,12+,13+,14+/m1/s1. The van der Waals surface area contributed by atoms with Crippen LogP contribution >= 0.6 is 0 Å². The second-order valence-electron chi connectivity index (χ2n) is 5.22. The molecule has 1 rings (SSSR count). The van der Waals surface area contributed by atoms with Crippen molar-refractivity contribution in [3.63, 3.8) is 0 Å². The fourth-order valence-corrected chi connectivity index (χ4v) is 2.32. The molecular weight excluding hydrogens is 248 g/mol. The van der Waals surface area contributed by atoms with E-state index in [1.807, 2.05) is 0 Å². The van der Waals surface area contributed by atoms with E-state index in [4.69, 9.17) is 14.6 Å². The Balaban J connectivity index is 2.17. The van der Waals surface area contributed by atoms with Crippen molar-refractivity contribution in [3.8, 4) is 0 Å². The molecule has 0 aliphatic carbocycles. The average molecular weight is 276 g/mol. The largest absolute Gasteiger partial charge is 0.394 e. The van der Waals surface area contributed by atoms with Crippen LogP contribution in [-0.2, 0) is 9.47 Å². The summed E-state index contributed by atoms with van der Waals surface area (Å²) in [4.78, 5) is 0. The molecule has 5 nitrogen and oxygen atoms in total. The Kier molecular flexibility index (Phi) is 8.57. The van der Waals surface area contributed by atoms with E-state index in [1.54, 1.807) is 0 Å². The van der Waals surface area contributed by atoms with Crippen molar-refractivity contribution in [1.29, 1.82) is 0 Å². The number of hydrogen-bond donors (Lipinski definition) is 3. The zero-order valence-corrected chi connectivity index (χ0v) is 11.8. The Labute approximate surface area is 115 Å². The molecule has 0 amide bonds. The first-order valence-corrected chi connectivity index (χ1v) is 7.40. The summed E-state index contributed by atoms with van der Waals surface area (Å²) in [6, 6.07) is 0. The van der Waals surface area contributed by atoms with E-state index >= 15 is 0 Å². The molecule has 0 aromatic rings. The minimum absolute atomic E-state index is 0.0449. The van der Waals surface area contributed by atoms with E-state index in [9.17, 15) is 10.2 Å². The lowest BCUT2D eigenvalue weighted by molar-refractivity contribution is -0.211. The highest BCUT2D eigenvalue weighted by Gasteiger charge is 2.39. The van der Waals surface area contributed by atoms with Crippen LogP contribution in [0.2, 0.25) is 0 Å². The predicted octanol–water partition coefficient (Wildman–Crippen LogP) is 0.845. The molecule has 1 aliphatic heterocycles. The van der Waals surface area contributed by atoms with Gasteiger partial charge in [-0.15, -0.1) is 0 Å². The molecule has 1 aliphatic rings. The van der Waals surface area contributed by atoms with Gasteiger partial charge in [0.1, 0.15) is 24.4 Å². The number of hydrogen-bond acceptors (Lipinski definition) is 5. The maximum Gasteiger partial charge on any atom is 0.114 e. The van der Waals surface area contributed by atoms with Crippen LogP contribution in [0.3, 0.4) is 0 Å². The number of ether oxygens (including phenoxy) is 2. The van der Waals surface area contributed by atoms with Crippen LogP contribution in [0, 0.1) is 0 Å². The number of rotatable bonds is 9. The van der Waals surface area contributed by atoms with Gasteiger partial charge in [-0.25, -0.2) is 0 Å². The molecule has 5 heteroatoms. The highest BCUT2D eigenvalue weighted by molar-refractivity contribution is 4.87. The molecular formula is C14H28O5. The van der Waals surface area contributed by atoms with Crippen LogP contribution in [0.25, 0.3) is 0 Å². The normalized spacial score (nSPS) is 31.6. The smallest absolute Gasteiger partial charge is 0.114 e. The van der Waals surface area contributed by atoms with Crippen LogP contribution in [0.15, 0.2) is 0 Å². The van der Waals surface area contributed by atoms with E-state index in [-0.39, 0.29) is 13.2 Å². The Morgan fingerprint density at radius 3 is 2.47 bits per heavy atom. The van der Waals surface area contributed by atoms with Gasteiger partial charge in [-0.3, -0.25) is 0 Å². The van der Waals surface area contributed by atoms with Gasteiger partial charge < -0.3 is 24.8 Å². The van der Waals surface area contributed by atoms with Crippen LogP contribution in [-0.4, -0.2) is 59.6 Å². The lowest BCUT2D eigenvalue weighted by Gasteiger charge is -2.37. The van der Waals surface area contributed by atoms with E-state index in [2.05, 4.69) is 6.92 Å². The Morgan fingerprint density at radius 2 is 1.79 bits per heavy atom. The number of aliphatic hydroxyl groups is 3. The van der Waals surface area contributed by atoms with Crippen LogP contribution in [0.1, 0.15) is 45.4 Å². The molecule has 0 saturated carbocycles. The summed E-state index contributed by atoms with van der Waals surface area (Å²) in [5.74, 6) is 0. The number of unbranched alkanes of at least 4 members (excludes halogenated alkanes) is 5. The molecule has 3 N–H and O–H groups in total. The molecule has 4 atom stereocenters. The molecule has 0 aromatic carbocycles. The van der Waals surface area contributed by atoms with Gasteiger partial charge in [-0.05, 0) is 6.42 Å². The van der Waals surface area contributed by atoms with Crippen molar-refractivity contribution in [2.24, 2.45) is 0 Å². The van der Waals surface area contributed by atoms with Crippen molar-refractivity contribution in [2.45, 2.75) is 69.9 Å². The van der Waals surface area contributed by atoms with E-state index in [1.165, 1.54) is 25.7 Å². The lowest BCUT2D eigenvalue weighted by atomic mass is 10.0. The first-order valence-electron chi connectivity index (χ1n) is 7.40. The second-order valence-corrected chi connectivity index (χ2v) is 5.22. The lowest BCUT2D eigenvalue weighted by Crippen LogP contribution is -2.55. The third-order valence-electron chi connectivity index (χ3n) is 3.57. The molecule has 0 unspecified atom stereocenters. The third-order valence-corrected chi connectivity index (χ3v) is 3.57. The molecule has 1 fully saturated rings.